The molecule has 3 heteroatoms. The maximum atomic E-state index is 3.67. The molecule has 0 aromatic carbocycles. The van der Waals surface area contributed by atoms with Gasteiger partial charge in [0.2, 0.25) is 0 Å². The average molecular weight is 278 g/mol. The van der Waals surface area contributed by atoms with E-state index in [1.807, 2.05) is 0 Å². The van der Waals surface area contributed by atoms with Crippen molar-refractivity contribution in [2.24, 2.45) is 0 Å². The van der Waals surface area contributed by atoms with Crippen LogP contribution in [0.2, 0.25) is 0 Å². The third-order valence-corrected chi connectivity index (χ3v) is 4.41. The minimum absolute atomic E-state index is 0.470. The van der Waals surface area contributed by atoms with Crippen LogP contribution in [0.5, 0.6) is 0 Å². The van der Waals surface area contributed by atoms with Crippen LogP contribution in [0.1, 0.15) is 13.3 Å². The topological polar surface area (TPSA) is 0 Å². The predicted octanol–water partition coefficient (Wildman–Crippen LogP) is 3.53. The van der Waals surface area contributed by atoms with E-state index < -0.39 is 8.46 Å². The summed E-state index contributed by atoms with van der Waals surface area (Å²) in [5.41, 5.74) is 0. The Morgan fingerprint density at radius 3 is 2.00 bits per heavy atom. The van der Waals surface area contributed by atoms with Crippen molar-refractivity contribution in [1.29, 1.82) is 0 Å². The lowest BCUT2D eigenvalue weighted by Gasteiger charge is -2.24. The second kappa shape index (κ2) is 4.24. The fourth-order valence-corrected chi connectivity index (χ4v) is 5.65. The Balaban J connectivity index is 3.47. The van der Waals surface area contributed by atoms with E-state index in [1.165, 1.54) is 12.2 Å². The molecule has 0 heterocycles. The van der Waals surface area contributed by atoms with Crippen molar-refractivity contribution in [3.05, 3.63) is 0 Å². The van der Waals surface area contributed by atoms with Crippen LogP contribution in [0, 0.1) is 0 Å². The highest BCUT2D eigenvalue weighted by molar-refractivity contribution is 9.58. The molecule has 0 saturated carbocycles. The van der Waals surface area contributed by atoms with Crippen molar-refractivity contribution >= 4 is 39.2 Å². The fourth-order valence-electron chi connectivity index (χ4n) is 0.548. The normalized spacial score (nSPS) is 17.4. The Labute approximate surface area is 75.4 Å². The van der Waals surface area contributed by atoms with Crippen molar-refractivity contribution in [3.63, 3.8) is 0 Å². The quantitative estimate of drug-likeness (QED) is 0.693. The molecule has 0 bridgehead atoms. The summed E-state index contributed by atoms with van der Waals surface area (Å²) in [5.74, 6) is 1.27. The molecule has 0 aliphatic rings. The molecule has 9 heavy (non-hydrogen) atoms. The van der Waals surface area contributed by atoms with Gasteiger partial charge in [0.05, 0.1) is 0 Å². The van der Waals surface area contributed by atoms with Crippen LogP contribution in [0.15, 0.2) is 0 Å². The average Bonchev–Trinajstić information content (AvgIpc) is 1.62. The largest absolute Gasteiger partial charge is 0.188 e. The number of alkyl halides is 1. The molecule has 0 radical (unpaired) electrons. The van der Waals surface area contributed by atoms with E-state index in [4.69, 9.17) is 0 Å². The summed E-state index contributed by atoms with van der Waals surface area (Å²) >= 11 is 7.28. The lowest BCUT2D eigenvalue weighted by Crippen LogP contribution is -2.05. The molecule has 1 atom stereocenters. The Morgan fingerprint density at radius 2 is 1.89 bits per heavy atom. The van der Waals surface area contributed by atoms with E-state index in [-0.39, 0.29) is 0 Å². The van der Waals surface area contributed by atoms with Gasteiger partial charge in [0.25, 0.3) is 0 Å². The zero-order valence-corrected chi connectivity index (χ0v) is 10.1. The molecular weight excluding hydrogens is 264 g/mol. The second-order valence-electron chi connectivity index (χ2n) is 2.58. The first-order valence-electron chi connectivity index (χ1n) is 3.00. The van der Waals surface area contributed by atoms with Crippen LogP contribution in [0.25, 0.3) is 0 Å². The third kappa shape index (κ3) is 7.20. The van der Waals surface area contributed by atoms with Gasteiger partial charge in [-0.2, -0.15) is 8.46 Å². The standard InChI is InChI=1S/C6H14Br2S/c1-4-6(7)5-9(2,3)8/h6H,4-5H2,1-3H3. The number of rotatable bonds is 3. The maximum absolute atomic E-state index is 3.67. The molecule has 58 valence electrons. The number of halogens is 2. The van der Waals surface area contributed by atoms with Gasteiger partial charge < -0.3 is 0 Å². The Morgan fingerprint density at radius 1 is 1.44 bits per heavy atom. The van der Waals surface area contributed by atoms with Crippen LogP contribution in [-0.2, 0) is 0 Å². The van der Waals surface area contributed by atoms with Crippen LogP contribution < -0.4 is 0 Å². The van der Waals surface area contributed by atoms with Crippen LogP contribution in [0.3, 0.4) is 0 Å². The summed E-state index contributed by atoms with van der Waals surface area (Å²) in [6.07, 6.45) is 5.77. The SMILES string of the molecule is CCC(Br)CS(C)(C)Br. The summed E-state index contributed by atoms with van der Waals surface area (Å²) in [7, 11) is -0.470. The van der Waals surface area contributed by atoms with Gasteiger partial charge in [-0.15, -0.1) is 0 Å². The molecule has 0 aliphatic carbocycles. The lowest BCUT2D eigenvalue weighted by molar-refractivity contribution is 0.930. The lowest BCUT2D eigenvalue weighted by atomic mass is 10.4. The smallest absolute Gasteiger partial charge is 0.0226 e. The van der Waals surface area contributed by atoms with E-state index in [0.29, 0.717) is 4.83 Å². The first-order valence-corrected chi connectivity index (χ1v) is 8.38. The zero-order chi connectivity index (χ0) is 7.49. The van der Waals surface area contributed by atoms with Crippen LogP contribution in [-0.4, -0.2) is 23.1 Å². The molecule has 0 aliphatic heterocycles. The number of hydrogen-bond acceptors (Lipinski definition) is 0. The van der Waals surface area contributed by atoms with E-state index in [0.717, 1.165) is 0 Å². The summed E-state index contributed by atoms with van der Waals surface area (Å²) in [4.78, 5) is 0.696. The Kier molecular flexibility index (Phi) is 4.86. The van der Waals surface area contributed by atoms with E-state index in [1.54, 1.807) is 0 Å². The van der Waals surface area contributed by atoms with Gasteiger partial charge in [0, 0.05) is 4.83 Å². The number of hydrogen-bond donors (Lipinski definition) is 0. The maximum Gasteiger partial charge on any atom is 0.0226 e. The van der Waals surface area contributed by atoms with Crippen molar-refractivity contribution in [2.45, 2.75) is 18.2 Å². The van der Waals surface area contributed by atoms with E-state index in [2.05, 4.69) is 50.2 Å². The molecule has 0 saturated heterocycles. The zero-order valence-electron chi connectivity index (χ0n) is 6.16. The molecule has 0 spiro atoms. The summed E-state index contributed by atoms with van der Waals surface area (Å²) in [6.45, 7) is 2.21. The molecule has 0 amide bonds. The Hall–Kier alpha value is 1.31. The molecule has 0 N–H and O–H groups in total. The molecule has 0 aromatic heterocycles. The Bertz CT molecular complexity index is 77.6. The van der Waals surface area contributed by atoms with Gasteiger partial charge in [-0.3, -0.25) is 0 Å². The van der Waals surface area contributed by atoms with Crippen molar-refractivity contribution in [1.82, 2.24) is 0 Å². The van der Waals surface area contributed by atoms with Gasteiger partial charge in [-0.25, -0.2) is 0 Å². The van der Waals surface area contributed by atoms with Gasteiger partial charge in [0.1, 0.15) is 0 Å². The van der Waals surface area contributed by atoms with Crippen LogP contribution in [0.4, 0.5) is 0 Å². The fraction of sp³-hybridized carbons (Fsp3) is 1.00. The van der Waals surface area contributed by atoms with Crippen molar-refractivity contribution in [2.75, 3.05) is 18.3 Å². The van der Waals surface area contributed by atoms with Gasteiger partial charge >= 0.3 is 0 Å². The highest BCUT2D eigenvalue weighted by atomic mass is 79.9. The first kappa shape index (κ1) is 10.3. The molecule has 0 aromatic rings. The van der Waals surface area contributed by atoms with Crippen molar-refractivity contribution in [3.8, 4) is 0 Å². The third-order valence-electron chi connectivity index (χ3n) is 1.02. The second-order valence-corrected chi connectivity index (χ2v) is 12.3. The summed E-state index contributed by atoms with van der Waals surface area (Å²) in [5, 5.41) is 0. The molecular formula is C6H14Br2S. The minimum Gasteiger partial charge on any atom is -0.188 e. The van der Waals surface area contributed by atoms with Gasteiger partial charge in [0.15, 0.2) is 0 Å². The predicted molar refractivity (Wildman–Crippen MR) is 56.2 cm³/mol. The van der Waals surface area contributed by atoms with Crippen molar-refractivity contribution < 1.29 is 0 Å². The molecule has 0 rings (SSSR count). The highest BCUT2D eigenvalue weighted by Crippen LogP contribution is 2.49. The molecule has 0 nitrogen and oxygen atoms in total. The van der Waals surface area contributed by atoms with Gasteiger partial charge in [-0.05, 0) is 39.5 Å². The van der Waals surface area contributed by atoms with E-state index in [9.17, 15) is 0 Å². The van der Waals surface area contributed by atoms with E-state index >= 15 is 0 Å². The monoisotopic (exact) mass is 276 g/mol. The minimum atomic E-state index is -0.470. The van der Waals surface area contributed by atoms with Gasteiger partial charge in [-0.1, -0.05) is 22.9 Å². The first-order chi connectivity index (χ1) is 3.95. The highest BCUT2D eigenvalue weighted by Gasteiger charge is 2.11. The molecule has 1 unspecified atom stereocenters. The summed E-state index contributed by atoms with van der Waals surface area (Å²) < 4.78 is 0. The van der Waals surface area contributed by atoms with Crippen LogP contribution >= 0.6 is 39.2 Å². The molecule has 0 fully saturated rings. The summed E-state index contributed by atoms with van der Waals surface area (Å²) in [6, 6.07) is 0.